The minimum absolute atomic E-state index is 0.0741. The van der Waals surface area contributed by atoms with E-state index >= 15 is 0 Å². The van der Waals surface area contributed by atoms with Crippen LogP contribution >= 0.6 is 0 Å². The van der Waals surface area contributed by atoms with Gasteiger partial charge in [-0.05, 0) is 38.1 Å². The fourth-order valence-corrected chi connectivity index (χ4v) is 4.80. The largest absolute Gasteiger partial charge is 0.497 e. The topological polar surface area (TPSA) is 131 Å². The highest BCUT2D eigenvalue weighted by Crippen LogP contribution is 2.26. The van der Waals surface area contributed by atoms with Crippen molar-refractivity contribution in [1.82, 2.24) is 15.0 Å². The Kier molecular flexibility index (Phi) is 8.02. The number of aromatic nitrogens is 3. The van der Waals surface area contributed by atoms with Crippen LogP contribution in [0.5, 0.6) is 11.5 Å². The molecular formula is C23H25N3O6S2. The van der Waals surface area contributed by atoms with Gasteiger partial charge in [-0.2, -0.15) is 8.42 Å². The number of imidazole rings is 1. The van der Waals surface area contributed by atoms with Gasteiger partial charge in [0.25, 0.3) is 10.1 Å². The number of nitrogens with one attached hydrogen (secondary N) is 1. The van der Waals surface area contributed by atoms with E-state index in [1.165, 1.54) is 12.1 Å². The van der Waals surface area contributed by atoms with Gasteiger partial charge in [0.15, 0.2) is 5.16 Å². The van der Waals surface area contributed by atoms with Gasteiger partial charge in [-0.15, -0.1) is 0 Å². The van der Waals surface area contributed by atoms with E-state index in [9.17, 15) is 12.6 Å². The smallest absolute Gasteiger partial charge is 0.294 e. The van der Waals surface area contributed by atoms with Gasteiger partial charge in [-0.25, -0.2) is 4.98 Å². The highest BCUT2D eigenvalue weighted by molar-refractivity contribution is 7.85. The minimum Gasteiger partial charge on any atom is -0.497 e. The molecular weight excluding hydrogens is 478 g/mol. The number of pyridine rings is 1. The first-order chi connectivity index (χ1) is 16.1. The SMILES string of the molecule is COc1ccc2nc([S@@](=O)Cc3ncc(C)c(OC)c3C)[nH]c2c1.O=S(=O)(O)c1ccccc1. The van der Waals surface area contributed by atoms with Crippen LogP contribution in [0, 0.1) is 13.8 Å². The van der Waals surface area contributed by atoms with Gasteiger partial charge in [-0.3, -0.25) is 13.7 Å². The molecule has 4 aromatic rings. The summed E-state index contributed by atoms with van der Waals surface area (Å²) in [6.45, 7) is 3.86. The van der Waals surface area contributed by atoms with Crippen LogP contribution in [0.1, 0.15) is 16.8 Å². The molecule has 0 unspecified atom stereocenters. The van der Waals surface area contributed by atoms with Gasteiger partial charge < -0.3 is 14.5 Å². The monoisotopic (exact) mass is 503 g/mol. The molecule has 4 rings (SSSR count). The van der Waals surface area contributed by atoms with Gasteiger partial charge in [-0.1, -0.05) is 18.2 Å². The number of methoxy groups -OCH3 is 2. The Balaban J connectivity index is 0.000000271. The summed E-state index contributed by atoms with van der Waals surface area (Å²) in [5.41, 5.74) is 4.16. The molecule has 2 N–H and O–H groups in total. The van der Waals surface area contributed by atoms with E-state index in [4.69, 9.17) is 14.0 Å². The number of nitrogens with zero attached hydrogens (tertiary/aromatic N) is 2. The molecule has 2 heterocycles. The zero-order valence-electron chi connectivity index (χ0n) is 19.1. The number of ether oxygens (including phenoxy) is 2. The first kappa shape index (κ1) is 25.3. The Morgan fingerprint density at radius 3 is 2.35 bits per heavy atom. The number of H-pyrrole nitrogens is 1. The standard InChI is InChI=1S/C17H19N3O3S.C6H6O3S/c1-10-8-18-15(11(2)16(10)23-4)9-24(21)17-19-13-6-5-12(22-3)7-14(13)20-17;7-10(8,9)6-4-2-1-3-5-6/h5-8H,9H2,1-4H3,(H,19,20);1-5H,(H,7,8,9)/t24-;/m0./s1. The predicted molar refractivity (Wildman–Crippen MR) is 129 cm³/mol. The number of fused-ring (bicyclic) bond motifs is 1. The number of benzene rings is 2. The number of aryl methyl sites for hydroxylation is 1. The Morgan fingerprint density at radius 2 is 1.76 bits per heavy atom. The Bertz CT molecular complexity index is 1420. The molecule has 9 nitrogen and oxygen atoms in total. The molecule has 11 heteroatoms. The molecule has 0 spiro atoms. The van der Waals surface area contributed by atoms with Gasteiger partial charge in [0, 0.05) is 23.4 Å². The third-order valence-corrected chi connectivity index (χ3v) is 6.97. The number of hydrogen-bond donors (Lipinski definition) is 2. The van der Waals surface area contributed by atoms with E-state index in [0.29, 0.717) is 5.16 Å². The maximum atomic E-state index is 12.7. The lowest BCUT2D eigenvalue weighted by molar-refractivity contribution is 0.407. The molecule has 34 heavy (non-hydrogen) atoms. The van der Waals surface area contributed by atoms with Crippen LogP contribution < -0.4 is 9.47 Å². The average Bonchev–Trinajstić information content (AvgIpc) is 3.25. The van der Waals surface area contributed by atoms with Crippen molar-refractivity contribution in [3.8, 4) is 11.5 Å². The first-order valence-corrected chi connectivity index (χ1v) is 12.8. The third kappa shape index (κ3) is 5.99. The van der Waals surface area contributed by atoms with Crippen LogP contribution in [0.3, 0.4) is 0 Å². The van der Waals surface area contributed by atoms with Crippen molar-refractivity contribution in [2.75, 3.05) is 14.2 Å². The van der Waals surface area contributed by atoms with Crippen molar-refractivity contribution in [1.29, 1.82) is 0 Å². The van der Waals surface area contributed by atoms with Crippen molar-refractivity contribution in [2.24, 2.45) is 0 Å². The summed E-state index contributed by atoms with van der Waals surface area (Å²) in [4.78, 5) is 11.8. The van der Waals surface area contributed by atoms with Crippen LogP contribution in [0.15, 0.2) is 64.8 Å². The second-order valence-corrected chi connectivity index (χ2v) is 10.0. The molecule has 180 valence electrons. The van der Waals surface area contributed by atoms with Crippen molar-refractivity contribution < 1.29 is 26.7 Å². The lowest BCUT2D eigenvalue weighted by Crippen LogP contribution is -2.05. The highest BCUT2D eigenvalue weighted by Gasteiger charge is 2.16. The molecule has 0 aliphatic heterocycles. The van der Waals surface area contributed by atoms with E-state index in [2.05, 4.69) is 15.0 Å². The molecule has 0 bridgehead atoms. The fourth-order valence-electron chi connectivity index (χ4n) is 3.20. The van der Waals surface area contributed by atoms with Gasteiger partial charge in [0.2, 0.25) is 0 Å². The van der Waals surface area contributed by atoms with E-state index < -0.39 is 20.9 Å². The van der Waals surface area contributed by atoms with Crippen molar-refractivity contribution in [3.63, 3.8) is 0 Å². The summed E-state index contributed by atoms with van der Waals surface area (Å²) in [5.74, 6) is 1.79. The molecule has 0 aliphatic carbocycles. The molecule has 0 amide bonds. The van der Waals surface area contributed by atoms with E-state index in [0.717, 1.165) is 39.4 Å². The average molecular weight is 504 g/mol. The second-order valence-electron chi connectivity index (χ2n) is 7.25. The summed E-state index contributed by atoms with van der Waals surface area (Å²) in [6.07, 6.45) is 1.74. The van der Waals surface area contributed by atoms with Crippen LogP contribution in [0.25, 0.3) is 11.0 Å². The Labute approximate surface area is 200 Å². The second kappa shape index (κ2) is 10.8. The van der Waals surface area contributed by atoms with Gasteiger partial charge >= 0.3 is 0 Å². The zero-order valence-corrected chi connectivity index (χ0v) is 20.7. The molecule has 2 aromatic carbocycles. The minimum atomic E-state index is -4.00. The molecule has 0 fully saturated rings. The van der Waals surface area contributed by atoms with Crippen LogP contribution in [-0.4, -0.2) is 46.4 Å². The van der Waals surface area contributed by atoms with Crippen molar-refractivity contribution in [3.05, 3.63) is 71.5 Å². The molecule has 1 atom stereocenters. The summed E-state index contributed by atoms with van der Waals surface area (Å²) in [7, 11) is -2.10. The summed E-state index contributed by atoms with van der Waals surface area (Å²) in [5, 5.41) is 0.430. The van der Waals surface area contributed by atoms with E-state index in [1.54, 1.807) is 38.6 Å². The molecule has 2 aromatic heterocycles. The lowest BCUT2D eigenvalue weighted by Gasteiger charge is -2.11. The first-order valence-electron chi connectivity index (χ1n) is 10.1. The summed E-state index contributed by atoms with van der Waals surface area (Å²) < 4.78 is 52.5. The third-order valence-electron chi connectivity index (χ3n) is 4.94. The van der Waals surface area contributed by atoms with Gasteiger partial charge in [0.1, 0.15) is 11.5 Å². The van der Waals surface area contributed by atoms with Crippen LogP contribution in [-0.2, 0) is 26.7 Å². The highest BCUT2D eigenvalue weighted by atomic mass is 32.2. The lowest BCUT2D eigenvalue weighted by atomic mass is 10.1. The van der Waals surface area contributed by atoms with Gasteiger partial charge in [0.05, 0.1) is 52.4 Å². The maximum absolute atomic E-state index is 12.7. The molecule has 0 saturated heterocycles. The van der Waals surface area contributed by atoms with Crippen LogP contribution in [0.2, 0.25) is 0 Å². The maximum Gasteiger partial charge on any atom is 0.294 e. The number of hydrogen-bond acceptors (Lipinski definition) is 7. The Hall–Kier alpha value is -3.28. The van der Waals surface area contributed by atoms with Crippen LogP contribution in [0.4, 0.5) is 0 Å². The summed E-state index contributed by atoms with van der Waals surface area (Å²) in [6, 6.07) is 12.9. The summed E-state index contributed by atoms with van der Waals surface area (Å²) >= 11 is 0. The van der Waals surface area contributed by atoms with Crippen molar-refractivity contribution >= 4 is 32.0 Å². The Morgan fingerprint density at radius 1 is 1.06 bits per heavy atom. The quantitative estimate of drug-likeness (QED) is 0.380. The fraction of sp³-hybridized carbons (Fsp3) is 0.217. The molecule has 0 radical (unpaired) electrons. The number of aromatic amines is 1. The molecule has 0 saturated carbocycles. The number of rotatable bonds is 6. The zero-order chi connectivity index (χ0) is 24.9. The normalized spacial score (nSPS) is 12.0. The van der Waals surface area contributed by atoms with Crippen molar-refractivity contribution in [2.45, 2.75) is 29.7 Å². The van der Waals surface area contributed by atoms with E-state index in [1.807, 2.05) is 32.0 Å². The predicted octanol–water partition coefficient (Wildman–Crippen LogP) is 3.83. The molecule has 0 aliphatic rings. The van der Waals surface area contributed by atoms with E-state index in [-0.39, 0.29) is 10.6 Å².